The lowest BCUT2D eigenvalue weighted by Crippen LogP contribution is -2.43. The van der Waals surface area contributed by atoms with Crippen LogP contribution in [0.4, 0.5) is 4.39 Å². The molecule has 1 fully saturated rings. The second-order valence-electron chi connectivity index (χ2n) is 7.67. The summed E-state index contributed by atoms with van der Waals surface area (Å²) in [5.41, 5.74) is 3.87. The zero-order chi connectivity index (χ0) is 21.5. The maximum absolute atomic E-state index is 13.3. The SMILES string of the molecule is O=C(NC(CF)C(O)c1ccc(-c2ccc(CN3CCCCC3)cc2)cc1)C(Cl)Cl. The van der Waals surface area contributed by atoms with E-state index in [1.807, 2.05) is 12.1 Å². The average molecular weight is 453 g/mol. The van der Waals surface area contributed by atoms with E-state index in [1.165, 1.54) is 37.9 Å². The summed E-state index contributed by atoms with van der Waals surface area (Å²) in [6.07, 6.45) is 2.69. The van der Waals surface area contributed by atoms with Crippen LogP contribution in [0, 0.1) is 0 Å². The molecule has 4 nitrogen and oxygen atoms in total. The highest BCUT2D eigenvalue weighted by molar-refractivity contribution is 6.53. The number of amides is 1. The summed E-state index contributed by atoms with van der Waals surface area (Å²) in [5, 5.41) is 12.7. The lowest BCUT2D eigenvalue weighted by molar-refractivity contribution is -0.121. The van der Waals surface area contributed by atoms with Crippen LogP contribution >= 0.6 is 23.2 Å². The number of nitrogens with zero attached hydrogens (tertiary/aromatic N) is 1. The molecule has 2 aromatic carbocycles. The number of nitrogens with one attached hydrogen (secondary N) is 1. The van der Waals surface area contributed by atoms with Gasteiger partial charge in [0.15, 0.2) is 4.84 Å². The molecule has 0 spiro atoms. The van der Waals surface area contributed by atoms with Gasteiger partial charge in [-0.05, 0) is 48.2 Å². The van der Waals surface area contributed by atoms with Crippen molar-refractivity contribution in [1.82, 2.24) is 10.2 Å². The van der Waals surface area contributed by atoms with Crippen molar-refractivity contribution in [2.75, 3.05) is 19.8 Å². The number of benzene rings is 2. The highest BCUT2D eigenvalue weighted by Crippen LogP contribution is 2.25. The van der Waals surface area contributed by atoms with Crippen LogP contribution in [0.2, 0.25) is 0 Å². The van der Waals surface area contributed by atoms with E-state index in [4.69, 9.17) is 23.2 Å². The maximum atomic E-state index is 13.3. The van der Waals surface area contributed by atoms with Crippen LogP contribution in [0.1, 0.15) is 36.5 Å². The largest absolute Gasteiger partial charge is 0.386 e. The van der Waals surface area contributed by atoms with Gasteiger partial charge in [0.1, 0.15) is 12.8 Å². The molecule has 1 aliphatic rings. The van der Waals surface area contributed by atoms with Crippen LogP contribution < -0.4 is 5.32 Å². The molecule has 0 aliphatic carbocycles. The second-order valence-corrected chi connectivity index (χ2v) is 8.77. The summed E-state index contributed by atoms with van der Waals surface area (Å²) in [7, 11) is 0. The van der Waals surface area contributed by atoms with Gasteiger partial charge >= 0.3 is 0 Å². The summed E-state index contributed by atoms with van der Waals surface area (Å²) in [6.45, 7) is 2.38. The van der Waals surface area contributed by atoms with Crippen molar-refractivity contribution in [3.63, 3.8) is 0 Å². The number of carbonyl (C=O) groups excluding carboxylic acids is 1. The molecular formula is C23H27Cl2FN2O2. The van der Waals surface area contributed by atoms with E-state index in [-0.39, 0.29) is 0 Å². The molecule has 162 valence electrons. The zero-order valence-electron chi connectivity index (χ0n) is 16.7. The molecule has 1 amide bonds. The third kappa shape index (κ3) is 6.17. The Morgan fingerprint density at radius 3 is 2.10 bits per heavy atom. The first-order chi connectivity index (χ1) is 14.5. The first kappa shape index (κ1) is 23.0. The monoisotopic (exact) mass is 452 g/mol. The minimum absolute atomic E-state index is 0.504. The normalized spacial score (nSPS) is 17.0. The molecule has 1 saturated heterocycles. The first-order valence-electron chi connectivity index (χ1n) is 10.2. The summed E-state index contributed by atoms with van der Waals surface area (Å²) >= 11 is 11.0. The molecule has 1 heterocycles. The molecule has 1 aliphatic heterocycles. The molecule has 0 radical (unpaired) electrons. The predicted molar refractivity (Wildman–Crippen MR) is 119 cm³/mol. The number of likely N-dealkylation sites (tertiary alicyclic amines) is 1. The predicted octanol–water partition coefficient (Wildman–Crippen LogP) is 4.63. The Balaban J connectivity index is 1.63. The van der Waals surface area contributed by atoms with Crippen molar-refractivity contribution in [3.8, 4) is 11.1 Å². The fourth-order valence-electron chi connectivity index (χ4n) is 3.73. The highest BCUT2D eigenvalue weighted by atomic mass is 35.5. The highest BCUT2D eigenvalue weighted by Gasteiger charge is 2.25. The van der Waals surface area contributed by atoms with Crippen molar-refractivity contribution < 1.29 is 14.3 Å². The summed E-state index contributed by atoms with van der Waals surface area (Å²) < 4.78 is 13.3. The molecule has 2 unspecified atom stereocenters. The van der Waals surface area contributed by atoms with E-state index in [0.717, 1.165) is 17.7 Å². The Labute approximate surface area is 187 Å². The van der Waals surface area contributed by atoms with Gasteiger partial charge in [0.2, 0.25) is 0 Å². The standard InChI is InChI=1S/C23H27Cl2FN2O2/c24-22(25)23(30)27-20(14-26)21(29)19-10-8-18(9-11-19)17-6-4-16(5-7-17)15-28-12-2-1-3-13-28/h4-11,20-22,29H,1-3,12-15H2,(H,27,30). The van der Waals surface area contributed by atoms with E-state index in [9.17, 15) is 14.3 Å². The quantitative estimate of drug-likeness (QED) is 0.573. The number of rotatable bonds is 8. The van der Waals surface area contributed by atoms with Gasteiger partial charge in [0, 0.05) is 6.54 Å². The van der Waals surface area contributed by atoms with Crippen LogP contribution in [0.25, 0.3) is 11.1 Å². The minimum Gasteiger partial charge on any atom is -0.386 e. The van der Waals surface area contributed by atoms with Gasteiger partial charge in [0.05, 0.1) is 6.04 Å². The van der Waals surface area contributed by atoms with Crippen molar-refractivity contribution in [2.24, 2.45) is 0 Å². The van der Waals surface area contributed by atoms with Gasteiger partial charge in [-0.3, -0.25) is 9.69 Å². The van der Waals surface area contributed by atoms with E-state index < -0.39 is 29.6 Å². The Morgan fingerprint density at radius 1 is 1.00 bits per heavy atom. The smallest absolute Gasteiger partial charge is 0.253 e. The number of piperidine rings is 1. The molecule has 2 N–H and O–H groups in total. The first-order valence-corrected chi connectivity index (χ1v) is 11.1. The van der Waals surface area contributed by atoms with E-state index in [0.29, 0.717) is 5.56 Å². The zero-order valence-corrected chi connectivity index (χ0v) is 18.2. The van der Waals surface area contributed by atoms with Crippen LogP contribution in [0.5, 0.6) is 0 Å². The van der Waals surface area contributed by atoms with Crippen molar-refractivity contribution in [3.05, 3.63) is 59.7 Å². The van der Waals surface area contributed by atoms with Crippen LogP contribution in [0.3, 0.4) is 0 Å². The van der Waals surface area contributed by atoms with E-state index in [1.54, 1.807) is 12.1 Å². The number of hydrogen-bond acceptors (Lipinski definition) is 3. The molecule has 2 atom stereocenters. The third-order valence-electron chi connectivity index (χ3n) is 5.47. The minimum atomic E-state index is -1.31. The van der Waals surface area contributed by atoms with Gasteiger partial charge in [-0.1, -0.05) is 78.2 Å². The number of alkyl halides is 3. The number of aliphatic hydroxyl groups excluding tert-OH is 1. The lowest BCUT2D eigenvalue weighted by Gasteiger charge is -2.26. The van der Waals surface area contributed by atoms with Crippen LogP contribution in [-0.2, 0) is 11.3 Å². The van der Waals surface area contributed by atoms with Crippen LogP contribution in [-0.4, -0.2) is 46.6 Å². The van der Waals surface area contributed by atoms with E-state index >= 15 is 0 Å². The van der Waals surface area contributed by atoms with E-state index in [2.05, 4.69) is 34.5 Å². The van der Waals surface area contributed by atoms with Crippen molar-refractivity contribution >= 4 is 29.1 Å². The third-order valence-corrected chi connectivity index (χ3v) is 5.86. The van der Waals surface area contributed by atoms with Crippen molar-refractivity contribution in [1.29, 1.82) is 0 Å². The second kappa shape index (κ2) is 11.1. The van der Waals surface area contributed by atoms with Gasteiger partial charge in [0.25, 0.3) is 5.91 Å². The molecule has 0 saturated carbocycles. The summed E-state index contributed by atoms with van der Waals surface area (Å²) in [4.78, 5) is 12.8. The van der Waals surface area contributed by atoms with Gasteiger partial charge < -0.3 is 10.4 Å². The lowest BCUT2D eigenvalue weighted by atomic mass is 9.98. The Hall–Kier alpha value is -1.66. The molecule has 30 heavy (non-hydrogen) atoms. The molecule has 0 aromatic heterocycles. The molecule has 0 bridgehead atoms. The van der Waals surface area contributed by atoms with Gasteiger partial charge in [-0.25, -0.2) is 4.39 Å². The van der Waals surface area contributed by atoms with Crippen LogP contribution in [0.15, 0.2) is 48.5 Å². The fourth-order valence-corrected chi connectivity index (χ4v) is 3.86. The topological polar surface area (TPSA) is 52.6 Å². The fraction of sp³-hybridized carbons (Fsp3) is 0.435. The average Bonchev–Trinajstić information content (AvgIpc) is 2.78. The number of aliphatic hydroxyl groups is 1. The molecule has 3 rings (SSSR count). The maximum Gasteiger partial charge on any atom is 0.253 e. The Kier molecular flexibility index (Phi) is 8.51. The summed E-state index contributed by atoms with van der Waals surface area (Å²) in [6, 6.07) is 14.6. The van der Waals surface area contributed by atoms with Gasteiger partial charge in [-0.15, -0.1) is 0 Å². The van der Waals surface area contributed by atoms with Gasteiger partial charge in [-0.2, -0.15) is 0 Å². The Bertz CT molecular complexity index is 809. The number of hydrogen-bond donors (Lipinski definition) is 2. The molecule has 2 aromatic rings. The number of halogens is 3. The Morgan fingerprint density at radius 2 is 1.57 bits per heavy atom. The van der Waals surface area contributed by atoms with Crippen molar-refractivity contribution in [2.45, 2.75) is 42.8 Å². The summed E-state index contributed by atoms with van der Waals surface area (Å²) in [5.74, 6) is -0.735. The number of carbonyl (C=O) groups is 1. The molecule has 7 heteroatoms. The molecular weight excluding hydrogens is 426 g/mol.